The lowest BCUT2D eigenvalue weighted by Gasteiger charge is -2.15. The molecule has 0 aromatic heterocycles. The van der Waals surface area contributed by atoms with Gasteiger partial charge in [0.1, 0.15) is 0 Å². The smallest absolute Gasteiger partial charge is 0.229 e. The molecule has 1 aromatic carbocycles. The van der Waals surface area contributed by atoms with E-state index >= 15 is 0 Å². The molecule has 1 aromatic rings. The Morgan fingerprint density at radius 1 is 1.22 bits per heavy atom. The van der Waals surface area contributed by atoms with E-state index in [-0.39, 0.29) is 0 Å². The van der Waals surface area contributed by atoms with Gasteiger partial charge in [0, 0.05) is 17.4 Å². The zero-order valence-electron chi connectivity index (χ0n) is 10.8. The fourth-order valence-corrected chi connectivity index (χ4v) is 2.61. The largest absolute Gasteiger partial charge is 0.383 e. The maximum atomic E-state index is 11.1. The highest BCUT2D eigenvalue weighted by Gasteiger charge is 2.23. The molecular formula is C13H20N2O2S. The van der Waals surface area contributed by atoms with Crippen LogP contribution >= 0.6 is 0 Å². The van der Waals surface area contributed by atoms with Crippen molar-refractivity contribution in [2.75, 3.05) is 16.3 Å². The highest BCUT2D eigenvalue weighted by atomic mass is 32.2. The molecule has 0 bridgehead atoms. The van der Waals surface area contributed by atoms with Crippen molar-refractivity contribution in [2.24, 2.45) is 5.92 Å². The molecular weight excluding hydrogens is 248 g/mol. The first-order valence-corrected chi connectivity index (χ1v) is 8.16. The third-order valence-electron chi connectivity index (χ3n) is 2.99. The summed E-state index contributed by atoms with van der Waals surface area (Å²) in [6.07, 6.45) is 5.09. The van der Waals surface area contributed by atoms with Gasteiger partial charge >= 0.3 is 0 Å². The summed E-state index contributed by atoms with van der Waals surface area (Å²) in [7, 11) is -3.19. The van der Waals surface area contributed by atoms with Crippen LogP contribution in [0.25, 0.3) is 0 Å². The van der Waals surface area contributed by atoms with E-state index in [1.54, 1.807) is 12.1 Å². The fraction of sp³-hybridized carbons (Fsp3) is 0.538. The highest BCUT2D eigenvalue weighted by molar-refractivity contribution is 7.92. The Balaban J connectivity index is 1.90. The highest BCUT2D eigenvalue weighted by Crippen LogP contribution is 2.34. The van der Waals surface area contributed by atoms with E-state index < -0.39 is 10.0 Å². The molecule has 1 aliphatic rings. The van der Waals surface area contributed by atoms with Gasteiger partial charge in [0.05, 0.1) is 6.26 Å². The monoisotopic (exact) mass is 268 g/mol. The molecule has 0 spiro atoms. The lowest BCUT2D eigenvalue weighted by Crippen LogP contribution is -2.15. The summed E-state index contributed by atoms with van der Waals surface area (Å²) in [5.74, 6) is 0.902. The average Bonchev–Trinajstić information content (AvgIpc) is 3.02. The molecule has 2 N–H and O–H groups in total. The van der Waals surface area contributed by atoms with E-state index in [9.17, 15) is 8.42 Å². The number of hydrogen-bond acceptors (Lipinski definition) is 3. The van der Waals surface area contributed by atoms with E-state index in [1.165, 1.54) is 19.3 Å². The lowest BCUT2D eigenvalue weighted by atomic mass is 10.1. The number of nitrogens with one attached hydrogen (secondary N) is 2. The summed E-state index contributed by atoms with van der Waals surface area (Å²) in [4.78, 5) is 0. The van der Waals surface area contributed by atoms with Crippen molar-refractivity contribution in [3.05, 3.63) is 24.3 Å². The first kappa shape index (κ1) is 13.2. The zero-order valence-corrected chi connectivity index (χ0v) is 11.6. The molecule has 5 heteroatoms. The average molecular weight is 268 g/mol. The second-order valence-electron chi connectivity index (χ2n) is 5.18. The van der Waals surface area contributed by atoms with Crippen molar-refractivity contribution in [3.63, 3.8) is 0 Å². The third kappa shape index (κ3) is 4.56. The first-order valence-electron chi connectivity index (χ1n) is 6.27. The van der Waals surface area contributed by atoms with Crippen LogP contribution < -0.4 is 10.0 Å². The van der Waals surface area contributed by atoms with Crippen molar-refractivity contribution >= 4 is 21.4 Å². The van der Waals surface area contributed by atoms with Gasteiger partial charge in [-0.1, -0.05) is 12.8 Å². The normalized spacial score (nSPS) is 17.2. The van der Waals surface area contributed by atoms with E-state index in [0.717, 1.165) is 17.9 Å². The minimum atomic E-state index is -3.19. The molecule has 1 saturated carbocycles. The molecule has 0 saturated heterocycles. The van der Waals surface area contributed by atoms with Crippen LogP contribution in [0.5, 0.6) is 0 Å². The summed E-state index contributed by atoms with van der Waals surface area (Å²) < 4.78 is 24.6. The molecule has 1 unspecified atom stereocenters. The van der Waals surface area contributed by atoms with Gasteiger partial charge in [0.25, 0.3) is 0 Å². The van der Waals surface area contributed by atoms with Crippen LogP contribution in [0.3, 0.4) is 0 Å². The van der Waals surface area contributed by atoms with Crippen LogP contribution in [0.2, 0.25) is 0 Å². The molecule has 18 heavy (non-hydrogen) atoms. The van der Waals surface area contributed by atoms with Crippen LogP contribution in [0.4, 0.5) is 11.4 Å². The van der Waals surface area contributed by atoms with E-state index in [4.69, 9.17) is 0 Å². The van der Waals surface area contributed by atoms with Gasteiger partial charge in [-0.3, -0.25) is 4.72 Å². The standard InChI is InChI=1S/C13H20N2O2S/c1-10(9-11-3-4-11)14-12-5-7-13(8-6-12)15-18(2,16)17/h5-8,10-11,14-15H,3-4,9H2,1-2H3. The van der Waals surface area contributed by atoms with E-state index in [1.807, 2.05) is 12.1 Å². The first-order chi connectivity index (χ1) is 8.42. The van der Waals surface area contributed by atoms with Crippen molar-refractivity contribution in [1.29, 1.82) is 0 Å². The summed E-state index contributed by atoms with van der Waals surface area (Å²) in [5, 5.41) is 3.43. The molecule has 4 nitrogen and oxygen atoms in total. The Bertz CT molecular complexity index is 492. The van der Waals surface area contributed by atoms with E-state index in [2.05, 4.69) is 17.0 Å². The minimum Gasteiger partial charge on any atom is -0.383 e. The Kier molecular flexibility index (Phi) is 3.80. The molecule has 2 rings (SSSR count). The summed E-state index contributed by atoms with van der Waals surface area (Å²) >= 11 is 0. The second kappa shape index (κ2) is 5.18. The predicted octanol–water partition coefficient (Wildman–Crippen LogP) is 2.66. The summed E-state index contributed by atoms with van der Waals surface area (Å²) in [6.45, 7) is 2.18. The SMILES string of the molecule is CC(CC1CC1)Nc1ccc(NS(C)(=O)=O)cc1. The summed E-state index contributed by atoms with van der Waals surface area (Å²) in [5.41, 5.74) is 1.63. The predicted molar refractivity (Wildman–Crippen MR) is 75.3 cm³/mol. The molecule has 1 aliphatic carbocycles. The molecule has 0 heterocycles. The Hall–Kier alpha value is -1.23. The van der Waals surface area contributed by atoms with Gasteiger partial charge in [-0.25, -0.2) is 8.42 Å². The van der Waals surface area contributed by atoms with Crippen LogP contribution in [-0.2, 0) is 10.0 Å². The topological polar surface area (TPSA) is 58.2 Å². The number of anilines is 2. The van der Waals surface area contributed by atoms with Crippen molar-refractivity contribution in [1.82, 2.24) is 0 Å². The quantitative estimate of drug-likeness (QED) is 0.834. The van der Waals surface area contributed by atoms with Gasteiger partial charge < -0.3 is 5.32 Å². The molecule has 100 valence electrons. The Morgan fingerprint density at radius 3 is 2.28 bits per heavy atom. The van der Waals surface area contributed by atoms with Gasteiger partial charge in [-0.15, -0.1) is 0 Å². The molecule has 1 fully saturated rings. The molecule has 0 radical (unpaired) electrons. The maximum Gasteiger partial charge on any atom is 0.229 e. The number of hydrogen-bond donors (Lipinski definition) is 2. The zero-order chi connectivity index (χ0) is 13.2. The lowest BCUT2D eigenvalue weighted by molar-refractivity contribution is 0.607. The Labute approximate surface area is 109 Å². The van der Waals surface area contributed by atoms with Gasteiger partial charge in [-0.05, 0) is 43.5 Å². The fourth-order valence-electron chi connectivity index (χ4n) is 2.05. The number of rotatable bonds is 6. The van der Waals surface area contributed by atoms with Gasteiger partial charge in [0.2, 0.25) is 10.0 Å². The summed E-state index contributed by atoms with van der Waals surface area (Å²) in [6, 6.07) is 7.81. The van der Waals surface area contributed by atoms with Crippen molar-refractivity contribution in [2.45, 2.75) is 32.2 Å². The van der Waals surface area contributed by atoms with Gasteiger partial charge in [0.15, 0.2) is 0 Å². The van der Waals surface area contributed by atoms with Crippen LogP contribution in [0, 0.1) is 5.92 Å². The molecule has 1 atom stereocenters. The maximum absolute atomic E-state index is 11.1. The Morgan fingerprint density at radius 2 is 1.78 bits per heavy atom. The van der Waals surface area contributed by atoms with Crippen molar-refractivity contribution < 1.29 is 8.42 Å². The molecule has 0 aliphatic heterocycles. The number of sulfonamides is 1. The van der Waals surface area contributed by atoms with Crippen LogP contribution in [-0.4, -0.2) is 20.7 Å². The van der Waals surface area contributed by atoms with Crippen LogP contribution in [0.15, 0.2) is 24.3 Å². The number of benzene rings is 1. The van der Waals surface area contributed by atoms with Crippen LogP contribution in [0.1, 0.15) is 26.2 Å². The van der Waals surface area contributed by atoms with E-state index in [0.29, 0.717) is 11.7 Å². The molecule has 0 amide bonds. The van der Waals surface area contributed by atoms with Gasteiger partial charge in [-0.2, -0.15) is 0 Å². The van der Waals surface area contributed by atoms with Crippen molar-refractivity contribution in [3.8, 4) is 0 Å². The second-order valence-corrected chi connectivity index (χ2v) is 6.92. The minimum absolute atomic E-state index is 0.464. The third-order valence-corrected chi connectivity index (χ3v) is 3.59.